The molecule has 0 spiro atoms. The summed E-state index contributed by atoms with van der Waals surface area (Å²) in [5.41, 5.74) is 0.0949. The average molecular weight is 204 g/mol. The molecule has 1 aromatic heterocycles. The molecule has 0 fully saturated rings. The van der Waals surface area contributed by atoms with Crippen LogP contribution < -0.4 is 5.32 Å². The monoisotopic (exact) mass is 203 g/mol. The van der Waals surface area contributed by atoms with Crippen molar-refractivity contribution in [1.29, 1.82) is 0 Å². The zero-order valence-corrected chi connectivity index (χ0v) is 8.08. The molecule has 6 heteroatoms. The van der Waals surface area contributed by atoms with Gasteiger partial charge in [0.25, 0.3) is 0 Å². The lowest BCUT2D eigenvalue weighted by atomic mass is 10.5. The summed E-state index contributed by atoms with van der Waals surface area (Å²) in [5.74, 6) is -0.699. The smallest absolute Gasteiger partial charge is 0.342 e. The highest BCUT2D eigenvalue weighted by molar-refractivity contribution is 6.15. The van der Waals surface area contributed by atoms with Gasteiger partial charge in [0.1, 0.15) is 11.9 Å². The van der Waals surface area contributed by atoms with Gasteiger partial charge in [-0.1, -0.05) is 0 Å². The fraction of sp³-hybridized carbons (Fsp3) is 0.286. The topological polar surface area (TPSA) is 64.1 Å². The molecule has 0 saturated heterocycles. The average Bonchev–Trinajstić information content (AvgIpc) is 2.19. The van der Waals surface area contributed by atoms with Gasteiger partial charge in [0.05, 0.1) is 6.20 Å². The normalized spacial score (nSPS) is 8.23. The molecule has 0 amide bonds. The Morgan fingerprint density at radius 3 is 2.54 bits per heavy atom. The minimum Gasteiger partial charge on any atom is -0.342 e. The second-order valence-corrected chi connectivity index (χ2v) is 2.11. The quantitative estimate of drug-likeness (QED) is 0.725. The van der Waals surface area contributed by atoms with Crippen molar-refractivity contribution < 1.29 is 9.08 Å². The van der Waals surface area contributed by atoms with Crippen LogP contribution in [0.25, 0.3) is 0 Å². The highest BCUT2D eigenvalue weighted by Gasteiger charge is 2.05. The van der Waals surface area contributed by atoms with E-state index in [9.17, 15) is 4.79 Å². The molecule has 0 unspecified atom stereocenters. The van der Waals surface area contributed by atoms with Crippen LogP contribution in [0.3, 0.4) is 0 Å². The van der Waals surface area contributed by atoms with Gasteiger partial charge in [-0.2, -0.15) is 0 Å². The van der Waals surface area contributed by atoms with Crippen LogP contribution in [0.1, 0.15) is 10.5 Å². The van der Waals surface area contributed by atoms with Crippen LogP contribution in [0.5, 0.6) is 0 Å². The third kappa shape index (κ3) is 5.10. The van der Waals surface area contributed by atoms with Gasteiger partial charge in [0.15, 0.2) is 5.69 Å². The van der Waals surface area contributed by atoms with Crippen LogP contribution in [0.2, 0.25) is 0 Å². The Kier molecular flexibility index (Phi) is 6.76. The van der Waals surface area contributed by atoms with E-state index < -0.39 is 5.97 Å². The Labute approximate surface area is 81.3 Å². The lowest BCUT2D eigenvalue weighted by Crippen LogP contribution is -2.00. The van der Waals surface area contributed by atoms with E-state index in [1.54, 1.807) is 0 Å². The molecule has 0 aromatic carbocycles. The molecule has 5 nitrogen and oxygen atoms in total. The maximum Gasteiger partial charge on any atom is 0.376 e. The van der Waals surface area contributed by atoms with Crippen LogP contribution in [0.4, 0.5) is 0 Å². The maximum absolute atomic E-state index is 10.6. The van der Waals surface area contributed by atoms with E-state index in [1.807, 2.05) is 14.1 Å². The molecule has 0 bridgehead atoms. The summed E-state index contributed by atoms with van der Waals surface area (Å²) in [6.45, 7) is 0. The molecular formula is C7H10ClN3O2. The standard InChI is InChI=1S/C5H3ClN2O2.C2H7N/c6-10-5(9)4-3-7-1-2-8-4;1-3-2/h1-3H;3H,1-2H3. The predicted octanol–water partition coefficient (Wildman–Crippen LogP) is 0.623. The number of rotatable bonds is 1. The molecule has 1 aromatic rings. The second kappa shape index (κ2) is 7.45. The van der Waals surface area contributed by atoms with E-state index in [4.69, 9.17) is 11.9 Å². The highest BCUT2D eigenvalue weighted by atomic mass is 35.5. The minimum absolute atomic E-state index is 0.0949. The van der Waals surface area contributed by atoms with Gasteiger partial charge in [0.2, 0.25) is 0 Å². The summed E-state index contributed by atoms with van der Waals surface area (Å²) in [4.78, 5) is 17.8. The molecule has 0 aliphatic heterocycles. The summed E-state index contributed by atoms with van der Waals surface area (Å²) < 4.78 is 3.87. The number of carbonyl (C=O) groups is 1. The van der Waals surface area contributed by atoms with Gasteiger partial charge in [-0.25, -0.2) is 9.78 Å². The molecule has 72 valence electrons. The number of hydrogen-bond acceptors (Lipinski definition) is 5. The molecular weight excluding hydrogens is 194 g/mol. The number of nitrogens with one attached hydrogen (secondary N) is 1. The molecule has 13 heavy (non-hydrogen) atoms. The van der Waals surface area contributed by atoms with E-state index in [2.05, 4.69) is 19.6 Å². The van der Waals surface area contributed by atoms with Crippen molar-refractivity contribution in [3.05, 3.63) is 24.3 Å². The van der Waals surface area contributed by atoms with Crippen molar-refractivity contribution in [2.75, 3.05) is 14.1 Å². The van der Waals surface area contributed by atoms with Crippen molar-refractivity contribution >= 4 is 17.8 Å². The van der Waals surface area contributed by atoms with Gasteiger partial charge in [-0.05, 0) is 14.1 Å². The molecule has 0 aliphatic rings. The van der Waals surface area contributed by atoms with E-state index >= 15 is 0 Å². The van der Waals surface area contributed by atoms with E-state index in [1.165, 1.54) is 18.6 Å². The maximum atomic E-state index is 10.6. The summed E-state index contributed by atoms with van der Waals surface area (Å²) in [5, 5.41) is 2.75. The van der Waals surface area contributed by atoms with Crippen molar-refractivity contribution in [3.8, 4) is 0 Å². The predicted molar refractivity (Wildman–Crippen MR) is 48.3 cm³/mol. The van der Waals surface area contributed by atoms with Gasteiger partial charge >= 0.3 is 5.97 Å². The van der Waals surface area contributed by atoms with Gasteiger partial charge in [-0.3, -0.25) is 4.98 Å². The fourth-order valence-corrected chi connectivity index (χ4v) is 0.523. The number of nitrogens with zero attached hydrogens (tertiary/aromatic N) is 2. The van der Waals surface area contributed by atoms with Gasteiger partial charge in [-0.15, -0.1) is 0 Å². The summed E-state index contributed by atoms with van der Waals surface area (Å²) in [7, 11) is 3.75. The highest BCUT2D eigenvalue weighted by Crippen LogP contribution is 1.95. The van der Waals surface area contributed by atoms with E-state index in [-0.39, 0.29) is 5.69 Å². The first-order valence-corrected chi connectivity index (χ1v) is 3.74. The SMILES string of the molecule is CNC.O=C(OCl)c1cnccn1. The Bertz CT molecular complexity index is 243. The number of hydrogen-bond donors (Lipinski definition) is 1. The molecule has 1 rings (SSSR count). The molecule has 1 heterocycles. The van der Waals surface area contributed by atoms with Crippen LogP contribution in [-0.2, 0) is 4.29 Å². The molecule has 1 N–H and O–H groups in total. The van der Waals surface area contributed by atoms with E-state index in [0.717, 1.165) is 0 Å². The van der Waals surface area contributed by atoms with Crippen molar-refractivity contribution in [1.82, 2.24) is 15.3 Å². The molecule has 0 aliphatic carbocycles. The Balaban J connectivity index is 0.000000424. The van der Waals surface area contributed by atoms with Crippen LogP contribution in [0, 0.1) is 0 Å². The molecule has 0 radical (unpaired) electrons. The Morgan fingerprint density at radius 1 is 1.54 bits per heavy atom. The zero-order chi connectivity index (χ0) is 10.1. The second-order valence-electron chi connectivity index (χ2n) is 1.96. The summed E-state index contributed by atoms with van der Waals surface area (Å²) >= 11 is 4.77. The lowest BCUT2D eigenvalue weighted by Gasteiger charge is -1.90. The van der Waals surface area contributed by atoms with Crippen LogP contribution in [0.15, 0.2) is 18.6 Å². The van der Waals surface area contributed by atoms with Crippen molar-refractivity contribution in [2.45, 2.75) is 0 Å². The zero-order valence-electron chi connectivity index (χ0n) is 7.32. The molecule has 0 atom stereocenters. The lowest BCUT2D eigenvalue weighted by molar-refractivity contribution is 0.0744. The third-order valence-corrected chi connectivity index (χ3v) is 0.983. The first-order valence-electron chi connectivity index (χ1n) is 3.43. The Morgan fingerprint density at radius 2 is 2.15 bits per heavy atom. The number of aromatic nitrogens is 2. The number of carbonyl (C=O) groups excluding carboxylic acids is 1. The first kappa shape index (κ1) is 11.8. The minimum atomic E-state index is -0.699. The Hall–Kier alpha value is -1.20. The van der Waals surface area contributed by atoms with Crippen molar-refractivity contribution in [2.24, 2.45) is 0 Å². The fourth-order valence-electron chi connectivity index (χ4n) is 0.444. The van der Waals surface area contributed by atoms with Gasteiger partial charge < -0.3 is 9.61 Å². The van der Waals surface area contributed by atoms with Crippen LogP contribution in [-0.4, -0.2) is 30.0 Å². The first-order chi connectivity index (χ1) is 6.26. The van der Waals surface area contributed by atoms with Gasteiger partial charge in [0, 0.05) is 12.4 Å². The number of halogens is 1. The van der Waals surface area contributed by atoms with E-state index in [0.29, 0.717) is 0 Å². The summed E-state index contributed by atoms with van der Waals surface area (Å²) in [6.07, 6.45) is 4.10. The van der Waals surface area contributed by atoms with Crippen molar-refractivity contribution in [3.63, 3.8) is 0 Å². The van der Waals surface area contributed by atoms with Crippen LogP contribution >= 0.6 is 11.9 Å². The summed E-state index contributed by atoms with van der Waals surface area (Å²) in [6, 6.07) is 0. The largest absolute Gasteiger partial charge is 0.376 e. The molecule has 0 saturated carbocycles. The third-order valence-electron chi connectivity index (χ3n) is 0.842.